The number of fused-ring (bicyclic) bond motifs is 1. The minimum atomic E-state index is -0.202. The van der Waals surface area contributed by atoms with Gasteiger partial charge >= 0.3 is 0 Å². The molecule has 0 unspecified atom stereocenters. The van der Waals surface area contributed by atoms with E-state index in [-0.39, 0.29) is 17.5 Å². The highest BCUT2D eigenvalue weighted by atomic mass is 32.2. The van der Waals surface area contributed by atoms with Gasteiger partial charge in [-0.15, -0.1) is 0 Å². The molecule has 2 aromatic heterocycles. The van der Waals surface area contributed by atoms with Crippen molar-refractivity contribution >= 4 is 51.7 Å². The van der Waals surface area contributed by atoms with Crippen LogP contribution in [0.15, 0.2) is 58.4 Å². The lowest BCUT2D eigenvalue weighted by Crippen LogP contribution is -2.40. The summed E-state index contributed by atoms with van der Waals surface area (Å²) >= 11 is 6.87. The predicted octanol–water partition coefficient (Wildman–Crippen LogP) is 5.45. The zero-order valence-corrected chi connectivity index (χ0v) is 22.6. The molecular weight excluding hydrogens is 488 g/mol. The summed E-state index contributed by atoms with van der Waals surface area (Å²) in [5, 5.41) is 0. The average molecular weight is 519 g/mol. The first-order valence-electron chi connectivity index (χ1n) is 12.3. The van der Waals surface area contributed by atoms with Gasteiger partial charge in [-0.2, -0.15) is 0 Å². The lowest BCUT2D eigenvalue weighted by molar-refractivity contribution is -0.123. The molecular formula is C28H30N4O2S2. The Hall–Kier alpha value is -2.97. The van der Waals surface area contributed by atoms with E-state index in [1.54, 1.807) is 21.6 Å². The van der Waals surface area contributed by atoms with Crippen LogP contribution in [0.2, 0.25) is 0 Å². The maximum atomic E-state index is 13.8. The van der Waals surface area contributed by atoms with Crippen molar-refractivity contribution in [3.8, 4) is 0 Å². The average Bonchev–Trinajstić information content (AvgIpc) is 3.13. The fraction of sp³-hybridized carbons (Fsp3) is 0.357. The zero-order chi connectivity index (χ0) is 25.6. The molecule has 8 heteroatoms. The van der Waals surface area contributed by atoms with Gasteiger partial charge in [-0.1, -0.05) is 74.2 Å². The highest BCUT2D eigenvalue weighted by molar-refractivity contribution is 8.26. The number of hydrogen-bond acceptors (Lipinski definition) is 6. The first-order valence-corrected chi connectivity index (χ1v) is 13.6. The number of thioether (sulfide) groups is 1. The first-order chi connectivity index (χ1) is 17.2. The van der Waals surface area contributed by atoms with Crippen LogP contribution in [0.1, 0.15) is 49.9 Å². The van der Waals surface area contributed by atoms with Crippen LogP contribution >= 0.6 is 24.0 Å². The summed E-state index contributed by atoms with van der Waals surface area (Å²) in [6.45, 7) is 10.0. The van der Waals surface area contributed by atoms with Crippen molar-refractivity contribution < 1.29 is 4.79 Å². The molecule has 0 spiro atoms. The second-order valence-corrected chi connectivity index (χ2v) is 11.8. The van der Waals surface area contributed by atoms with E-state index in [0.29, 0.717) is 38.1 Å². The Morgan fingerprint density at radius 1 is 1.08 bits per heavy atom. The van der Waals surface area contributed by atoms with Crippen LogP contribution < -0.4 is 10.5 Å². The Kier molecular flexibility index (Phi) is 6.74. The number of piperidine rings is 1. The fourth-order valence-electron chi connectivity index (χ4n) is 5.28. The Morgan fingerprint density at radius 3 is 2.47 bits per heavy atom. The third-order valence-corrected chi connectivity index (χ3v) is 8.25. The fourth-order valence-corrected chi connectivity index (χ4v) is 6.68. The van der Waals surface area contributed by atoms with Crippen LogP contribution in [0.25, 0.3) is 11.7 Å². The van der Waals surface area contributed by atoms with Gasteiger partial charge in [0, 0.05) is 19.3 Å². The number of amides is 1. The number of hydrogen-bond donors (Lipinski definition) is 0. The first kappa shape index (κ1) is 24.7. The molecule has 0 radical (unpaired) electrons. The van der Waals surface area contributed by atoms with Crippen molar-refractivity contribution in [2.24, 2.45) is 11.8 Å². The van der Waals surface area contributed by atoms with Gasteiger partial charge in [-0.25, -0.2) is 4.98 Å². The van der Waals surface area contributed by atoms with Crippen molar-refractivity contribution in [3.63, 3.8) is 0 Å². The number of aryl methyl sites for hydroxylation is 1. The molecule has 0 saturated carbocycles. The highest BCUT2D eigenvalue weighted by Gasteiger charge is 2.37. The minimum Gasteiger partial charge on any atom is -0.355 e. The third kappa shape index (κ3) is 4.60. The molecule has 4 heterocycles. The Bertz CT molecular complexity index is 1420. The van der Waals surface area contributed by atoms with Gasteiger partial charge in [0.1, 0.15) is 15.8 Å². The van der Waals surface area contributed by atoms with Crippen LogP contribution in [0.4, 0.5) is 5.82 Å². The maximum Gasteiger partial charge on any atom is 0.267 e. The molecule has 6 nitrogen and oxygen atoms in total. The maximum absolute atomic E-state index is 13.8. The van der Waals surface area contributed by atoms with Gasteiger partial charge in [0.05, 0.1) is 16.5 Å². The minimum absolute atomic E-state index is 0.175. The zero-order valence-electron chi connectivity index (χ0n) is 21.0. The number of benzene rings is 1. The van der Waals surface area contributed by atoms with Gasteiger partial charge in [0.25, 0.3) is 11.5 Å². The lowest BCUT2D eigenvalue weighted by atomic mass is 9.91. The number of rotatable bonds is 4. The molecule has 36 heavy (non-hydrogen) atoms. The molecule has 3 atom stereocenters. The number of carbonyl (C=O) groups excluding carboxylic acids is 1. The molecule has 0 aliphatic carbocycles. The molecule has 2 aliphatic rings. The molecule has 2 fully saturated rings. The SMILES string of the molecule is Cc1ccc2nc(N3C[C@@H](C)C[C@H](C)C3)c(/C=C3\SC(=S)N([C@@H](C)c4ccccc4)C3=O)c(=O)n2c1. The van der Waals surface area contributed by atoms with E-state index in [9.17, 15) is 9.59 Å². The van der Waals surface area contributed by atoms with Crippen LogP contribution in [0.3, 0.4) is 0 Å². The number of nitrogens with zero attached hydrogens (tertiary/aromatic N) is 4. The highest BCUT2D eigenvalue weighted by Crippen LogP contribution is 2.39. The summed E-state index contributed by atoms with van der Waals surface area (Å²) in [7, 11) is 0. The van der Waals surface area contributed by atoms with Crippen LogP contribution in [0.5, 0.6) is 0 Å². The van der Waals surface area contributed by atoms with Crippen molar-refractivity contribution in [3.05, 3.63) is 80.6 Å². The lowest BCUT2D eigenvalue weighted by Gasteiger charge is -2.36. The standard InChI is InChI=1S/C28H30N4O2S2/c1-17-10-11-24-29-25(30-14-18(2)12-19(3)15-30)22(26(33)31(24)16-17)13-23-27(34)32(28(35)36-23)20(4)21-8-6-5-7-9-21/h5-11,13,16,18-20H,12,14-15H2,1-4H3/b23-13-/t18-,19-,20-/m0/s1. The molecule has 5 rings (SSSR count). The normalized spacial score (nSPS) is 22.6. The molecule has 2 saturated heterocycles. The van der Waals surface area contributed by atoms with Gasteiger partial charge in [0.15, 0.2) is 0 Å². The molecule has 186 valence electrons. The number of aromatic nitrogens is 2. The monoisotopic (exact) mass is 518 g/mol. The van der Waals surface area contributed by atoms with Crippen LogP contribution in [-0.4, -0.2) is 37.6 Å². The number of thiocarbonyl (C=S) groups is 1. The quantitative estimate of drug-likeness (QED) is 0.338. The largest absolute Gasteiger partial charge is 0.355 e. The second-order valence-electron chi connectivity index (χ2n) is 10.1. The van der Waals surface area contributed by atoms with Crippen LogP contribution in [-0.2, 0) is 4.79 Å². The molecule has 1 aromatic carbocycles. The number of carbonyl (C=O) groups is 1. The molecule has 3 aromatic rings. The third-order valence-electron chi connectivity index (χ3n) is 6.92. The van der Waals surface area contributed by atoms with Crippen molar-refractivity contribution in [1.29, 1.82) is 0 Å². The Balaban J connectivity index is 1.61. The summed E-state index contributed by atoms with van der Waals surface area (Å²) in [6, 6.07) is 13.5. The van der Waals surface area contributed by atoms with E-state index in [1.807, 2.05) is 56.3 Å². The second kappa shape index (κ2) is 9.82. The topological polar surface area (TPSA) is 57.9 Å². The van der Waals surface area contributed by atoms with E-state index in [2.05, 4.69) is 18.7 Å². The summed E-state index contributed by atoms with van der Waals surface area (Å²) in [5.41, 5.74) is 2.84. The molecule has 1 amide bonds. The van der Waals surface area contributed by atoms with E-state index in [1.165, 1.54) is 11.8 Å². The Labute approximate surface area is 221 Å². The van der Waals surface area contributed by atoms with E-state index >= 15 is 0 Å². The van der Waals surface area contributed by atoms with Gasteiger partial charge in [-0.3, -0.25) is 18.9 Å². The predicted molar refractivity (Wildman–Crippen MR) is 151 cm³/mol. The van der Waals surface area contributed by atoms with Crippen molar-refractivity contribution in [1.82, 2.24) is 14.3 Å². The molecule has 2 aliphatic heterocycles. The Morgan fingerprint density at radius 2 is 1.78 bits per heavy atom. The van der Waals surface area contributed by atoms with E-state index < -0.39 is 0 Å². The van der Waals surface area contributed by atoms with Crippen LogP contribution in [0, 0.1) is 18.8 Å². The summed E-state index contributed by atoms with van der Waals surface area (Å²) < 4.78 is 2.07. The van der Waals surface area contributed by atoms with Gasteiger partial charge in [-0.05, 0) is 55.4 Å². The summed E-state index contributed by atoms with van der Waals surface area (Å²) in [4.78, 5) is 36.6. The molecule has 0 bridgehead atoms. The summed E-state index contributed by atoms with van der Waals surface area (Å²) in [5.74, 6) is 1.44. The summed E-state index contributed by atoms with van der Waals surface area (Å²) in [6.07, 6.45) is 4.66. The number of anilines is 1. The van der Waals surface area contributed by atoms with Gasteiger partial charge in [0.2, 0.25) is 0 Å². The smallest absolute Gasteiger partial charge is 0.267 e. The number of pyridine rings is 1. The van der Waals surface area contributed by atoms with Gasteiger partial charge < -0.3 is 4.90 Å². The van der Waals surface area contributed by atoms with Crippen molar-refractivity contribution in [2.45, 2.75) is 40.2 Å². The van der Waals surface area contributed by atoms with E-state index in [0.717, 1.165) is 30.6 Å². The van der Waals surface area contributed by atoms with E-state index in [4.69, 9.17) is 17.2 Å². The molecule has 0 N–H and O–H groups in total. The van der Waals surface area contributed by atoms with Crippen molar-refractivity contribution in [2.75, 3.05) is 18.0 Å².